The second-order valence-electron chi connectivity index (χ2n) is 4.83. The number of nitrogens with one attached hydrogen (secondary N) is 1. The first-order valence-corrected chi connectivity index (χ1v) is 5.52. The molecule has 1 N–H and O–H groups in total. The van der Waals surface area contributed by atoms with E-state index in [-0.39, 0.29) is 0 Å². The summed E-state index contributed by atoms with van der Waals surface area (Å²) in [5.74, 6) is 2.10. The third kappa shape index (κ3) is 1.89. The van der Waals surface area contributed by atoms with Crippen molar-refractivity contribution in [1.82, 2.24) is 5.32 Å². The highest BCUT2D eigenvalue weighted by Gasteiger charge is 2.53. The highest BCUT2D eigenvalue weighted by molar-refractivity contribution is 5.04. The van der Waals surface area contributed by atoms with Crippen LogP contribution in [0.5, 0.6) is 0 Å². The zero-order valence-corrected chi connectivity index (χ0v) is 8.81. The molecular formula is C11H21NO. The van der Waals surface area contributed by atoms with E-state index >= 15 is 0 Å². The molecule has 13 heavy (non-hydrogen) atoms. The van der Waals surface area contributed by atoms with Crippen LogP contribution in [-0.2, 0) is 4.74 Å². The van der Waals surface area contributed by atoms with Crippen LogP contribution in [0.1, 0.15) is 26.2 Å². The molecule has 2 aliphatic rings. The van der Waals surface area contributed by atoms with E-state index in [2.05, 4.69) is 19.3 Å². The molecule has 2 saturated carbocycles. The fraction of sp³-hybridized carbons (Fsp3) is 1.00. The Morgan fingerprint density at radius 2 is 2.08 bits per heavy atom. The summed E-state index contributed by atoms with van der Waals surface area (Å²) in [5, 5.41) is 3.32. The van der Waals surface area contributed by atoms with Crippen LogP contribution in [0.2, 0.25) is 0 Å². The van der Waals surface area contributed by atoms with Crippen LogP contribution in [0, 0.1) is 17.3 Å². The van der Waals surface area contributed by atoms with Crippen molar-refractivity contribution in [2.45, 2.75) is 26.2 Å². The second-order valence-corrected chi connectivity index (χ2v) is 4.83. The molecule has 2 heteroatoms. The first-order valence-electron chi connectivity index (χ1n) is 5.52. The summed E-state index contributed by atoms with van der Waals surface area (Å²) in [6, 6.07) is 0. The van der Waals surface area contributed by atoms with Gasteiger partial charge in [-0.1, -0.05) is 0 Å². The van der Waals surface area contributed by atoms with Crippen molar-refractivity contribution < 1.29 is 4.74 Å². The molecule has 0 aromatic rings. The van der Waals surface area contributed by atoms with Crippen LogP contribution in [-0.4, -0.2) is 26.8 Å². The van der Waals surface area contributed by atoms with Gasteiger partial charge < -0.3 is 10.1 Å². The van der Waals surface area contributed by atoms with E-state index in [1.54, 1.807) is 0 Å². The molecule has 2 rings (SSSR count). The Labute approximate surface area is 81.0 Å². The number of hydrogen-bond acceptors (Lipinski definition) is 2. The topological polar surface area (TPSA) is 21.3 Å². The van der Waals surface area contributed by atoms with Crippen LogP contribution in [0.3, 0.4) is 0 Å². The molecule has 2 atom stereocenters. The minimum Gasteiger partial charge on any atom is -0.381 e. The molecule has 0 heterocycles. The average molecular weight is 183 g/mol. The van der Waals surface area contributed by atoms with Gasteiger partial charge in [-0.3, -0.25) is 0 Å². The molecule has 2 aliphatic carbocycles. The Kier molecular flexibility index (Phi) is 2.61. The Balaban J connectivity index is 1.87. The minimum atomic E-state index is 0.484. The molecule has 2 unspecified atom stereocenters. The summed E-state index contributed by atoms with van der Waals surface area (Å²) in [4.78, 5) is 0. The average Bonchev–Trinajstić information content (AvgIpc) is 2.73. The molecule has 0 spiro atoms. The van der Waals surface area contributed by atoms with Crippen molar-refractivity contribution in [3.05, 3.63) is 0 Å². The van der Waals surface area contributed by atoms with Gasteiger partial charge in [-0.15, -0.1) is 0 Å². The molecule has 0 aromatic carbocycles. The Morgan fingerprint density at radius 3 is 2.62 bits per heavy atom. The molecule has 0 amide bonds. The van der Waals surface area contributed by atoms with E-state index in [9.17, 15) is 0 Å². The Morgan fingerprint density at radius 1 is 1.38 bits per heavy atom. The molecule has 2 nitrogen and oxygen atoms in total. The van der Waals surface area contributed by atoms with Crippen LogP contribution in [0.15, 0.2) is 0 Å². The van der Waals surface area contributed by atoms with Crippen LogP contribution >= 0.6 is 0 Å². The summed E-state index contributed by atoms with van der Waals surface area (Å²) in [5.41, 5.74) is 0.484. The SMILES string of the molecule is CCOCC1(CNC)CC2CC2C1. The number of fused-ring (bicyclic) bond motifs is 1. The van der Waals surface area contributed by atoms with Gasteiger partial charge in [-0.2, -0.15) is 0 Å². The molecule has 0 aromatic heterocycles. The van der Waals surface area contributed by atoms with E-state index in [0.717, 1.165) is 31.6 Å². The van der Waals surface area contributed by atoms with Gasteiger partial charge in [0.2, 0.25) is 0 Å². The third-order valence-corrected chi connectivity index (χ3v) is 3.62. The fourth-order valence-corrected chi connectivity index (χ4v) is 3.01. The summed E-state index contributed by atoms with van der Waals surface area (Å²) >= 11 is 0. The number of ether oxygens (including phenoxy) is 1. The van der Waals surface area contributed by atoms with Gasteiger partial charge in [0.15, 0.2) is 0 Å². The number of hydrogen-bond donors (Lipinski definition) is 1. The van der Waals surface area contributed by atoms with Crippen LogP contribution < -0.4 is 5.32 Å². The minimum absolute atomic E-state index is 0.484. The lowest BCUT2D eigenvalue weighted by Crippen LogP contribution is -2.35. The van der Waals surface area contributed by atoms with Crippen LogP contribution in [0.25, 0.3) is 0 Å². The van der Waals surface area contributed by atoms with Crippen molar-refractivity contribution in [3.8, 4) is 0 Å². The predicted molar refractivity (Wildman–Crippen MR) is 53.7 cm³/mol. The van der Waals surface area contributed by atoms with Crippen molar-refractivity contribution in [3.63, 3.8) is 0 Å². The zero-order valence-electron chi connectivity index (χ0n) is 8.81. The summed E-state index contributed by atoms with van der Waals surface area (Å²) < 4.78 is 5.60. The largest absolute Gasteiger partial charge is 0.381 e. The normalized spacial score (nSPS) is 42.0. The van der Waals surface area contributed by atoms with E-state index in [0.29, 0.717) is 5.41 Å². The maximum Gasteiger partial charge on any atom is 0.0534 e. The molecule has 0 saturated heterocycles. The second kappa shape index (κ2) is 3.58. The monoisotopic (exact) mass is 183 g/mol. The van der Waals surface area contributed by atoms with Crippen molar-refractivity contribution in [2.75, 3.05) is 26.8 Å². The van der Waals surface area contributed by atoms with E-state index < -0.39 is 0 Å². The molecule has 0 radical (unpaired) electrons. The first-order chi connectivity index (χ1) is 6.29. The Bertz CT molecular complexity index is 171. The maximum absolute atomic E-state index is 5.60. The van der Waals surface area contributed by atoms with Crippen molar-refractivity contribution in [2.24, 2.45) is 17.3 Å². The molecule has 76 valence electrons. The van der Waals surface area contributed by atoms with E-state index in [1.165, 1.54) is 19.3 Å². The van der Waals surface area contributed by atoms with Gasteiger partial charge in [-0.25, -0.2) is 0 Å². The molecule has 0 bridgehead atoms. The van der Waals surface area contributed by atoms with Crippen molar-refractivity contribution in [1.29, 1.82) is 0 Å². The van der Waals surface area contributed by atoms with E-state index in [4.69, 9.17) is 4.74 Å². The van der Waals surface area contributed by atoms with Gasteiger partial charge in [0.25, 0.3) is 0 Å². The summed E-state index contributed by atoms with van der Waals surface area (Å²) in [6.07, 6.45) is 4.30. The predicted octanol–water partition coefficient (Wildman–Crippen LogP) is 1.66. The maximum atomic E-state index is 5.60. The summed E-state index contributed by atoms with van der Waals surface area (Å²) in [7, 11) is 2.05. The smallest absolute Gasteiger partial charge is 0.0534 e. The third-order valence-electron chi connectivity index (χ3n) is 3.62. The molecule has 2 fully saturated rings. The fourth-order valence-electron chi connectivity index (χ4n) is 3.01. The summed E-state index contributed by atoms with van der Waals surface area (Å²) in [6.45, 7) is 5.06. The highest BCUT2D eigenvalue weighted by Crippen LogP contribution is 2.59. The van der Waals surface area contributed by atoms with Gasteiger partial charge in [0.1, 0.15) is 0 Å². The Hall–Kier alpha value is -0.0800. The quantitative estimate of drug-likeness (QED) is 0.700. The standard InChI is InChI=1S/C11H21NO/c1-3-13-8-11(7-12-2)5-9-4-10(9)6-11/h9-10,12H,3-8H2,1-2H3. The molecule has 0 aliphatic heterocycles. The van der Waals surface area contributed by atoms with Crippen molar-refractivity contribution >= 4 is 0 Å². The van der Waals surface area contributed by atoms with Gasteiger partial charge >= 0.3 is 0 Å². The zero-order chi connectivity index (χ0) is 9.31. The van der Waals surface area contributed by atoms with E-state index in [1.807, 2.05) is 0 Å². The lowest BCUT2D eigenvalue weighted by Gasteiger charge is -2.30. The van der Waals surface area contributed by atoms with Crippen LogP contribution in [0.4, 0.5) is 0 Å². The van der Waals surface area contributed by atoms with Gasteiger partial charge in [0.05, 0.1) is 6.61 Å². The van der Waals surface area contributed by atoms with Gasteiger partial charge in [-0.05, 0) is 45.1 Å². The lowest BCUT2D eigenvalue weighted by atomic mass is 9.84. The first kappa shape index (κ1) is 9.47. The highest BCUT2D eigenvalue weighted by atomic mass is 16.5. The lowest BCUT2D eigenvalue weighted by molar-refractivity contribution is 0.0472. The van der Waals surface area contributed by atoms with Gasteiger partial charge in [0, 0.05) is 18.6 Å². The molecular weight excluding hydrogens is 162 g/mol. The number of rotatable bonds is 5.